The lowest BCUT2D eigenvalue weighted by molar-refractivity contribution is -0.122. The number of nitrogens with zero attached hydrogens (tertiary/aromatic N) is 2. The van der Waals surface area contributed by atoms with Crippen LogP contribution in [0.3, 0.4) is 0 Å². The summed E-state index contributed by atoms with van der Waals surface area (Å²) in [5.41, 5.74) is 1.29. The first-order valence-corrected chi connectivity index (χ1v) is 10.6. The summed E-state index contributed by atoms with van der Waals surface area (Å²) in [6.45, 7) is 6.15. The zero-order valence-electron chi connectivity index (χ0n) is 17.1. The highest BCUT2D eigenvalue weighted by Crippen LogP contribution is 2.39. The molecule has 0 bridgehead atoms. The summed E-state index contributed by atoms with van der Waals surface area (Å²) in [5, 5.41) is 0.941. The fourth-order valence-electron chi connectivity index (χ4n) is 2.82. The molecule has 0 aromatic heterocycles. The maximum Gasteiger partial charge on any atom is 0.266 e. The van der Waals surface area contributed by atoms with E-state index in [1.165, 1.54) is 31.0 Å². The molecule has 5 nitrogen and oxygen atoms in total. The van der Waals surface area contributed by atoms with Crippen LogP contribution in [-0.2, 0) is 4.79 Å². The molecule has 3 rings (SSSR count). The smallest absolute Gasteiger partial charge is 0.266 e. The van der Waals surface area contributed by atoms with E-state index in [0.717, 1.165) is 0 Å². The second kappa shape index (κ2) is 9.53. The molecule has 0 atom stereocenters. The van der Waals surface area contributed by atoms with Gasteiger partial charge in [-0.25, -0.2) is 9.38 Å². The Labute approximate surface area is 184 Å². The van der Waals surface area contributed by atoms with Crippen molar-refractivity contribution < 1.29 is 18.7 Å². The van der Waals surface area contributed by atoms with E-state index in [1.807, 2.05) is 20.8 Å². The van der Waals surface area contributed by atoms with Gasteiger partial charge in [0.25, 0.3) is 5.91 Å². The fraction of sp³-hybridized carbons (Fsp3) is 0.273. The van der Waals surface area contributed by atoms with E-state index in [-0.39, 0.29) is 17.8 Å². The Morgan fingerprint density at radius 3 is 2.57 bits per heavy atom. The predicted octanol–water partition coefficient (Wildman–Crippen LogP) is 5.90. The van der Waals surface area contributed by atoms with Crippen molar-refractivity contribution in [2.75, 3.05) is 13.7 Å². The van der Waals surface area contributed by atoms with Crippen molar-refractivity contribution in [3.8, 4) is 11.5 Å². The highest BCUT2D eigenvalue weighted by Gasteiger charge is 2.32. The van der Waals surface area contributed by atoms with Crippen LogP contribution in [0.1, 0.15) is 26.3 Å². The first-order valence-electron chi connectivity index (χ1n) is 9.42. The first-order chi connectivity index (χ1) is 14.3. The molecule has 1 amide bonds. The molecule has 1 heterocycles. The summed E-state index contributed by atoms with van der Waals surface area (Å²) < 4.78 is 24.3. The monoisotopic (exact) mass is 448 g/mol. The summed E-state index contributed by atoms with van der Waals surface area (Å²) in [4.78, 5) is 19.4. The molecule has 1 aliphatic heterocycles. The lowest BCUT2D eigenvalue weighted by Crippen LogP contribution is -2.28. The van der Waals surface area contributed by atoms with E-state index < -0.39 is 0 Å². The number of likely N-dealkylation sites (N-methyl/N-ethyl adjacent to an activating group) is 1. The molecule has 1 saturated heterocycles. The third kappa shape index (κ3) is 4.96. The van der Waals surface area contributed by atoms with Crippen molar-refractivity contribution in [1.29, 1.82) is 0 Å². The number of carbonyl (C=O) groups excluding carboxylic acids is 1. The van der Waals surface area contributed by atoms with Crippen molar-refractivity contribution in [2.24, 2.45) is 4.99 Å². The number of amides is 1. The van der Waals surface area contributed by atoms with Crippen LogP contribution in [0.4, 0.5) is 10.1 Å². The van der Waals surface area contributed by atoms with E-state index in [9.17, 15) is 9.18 Å². The Hall–Kier alpha value is -2.51. The van der Waals surface area contributed by atoms with E-state index in [2.05, 4.69) is 4.99 Å². The van der Waals surface area contributed by atoms with Crippen molar-refractivity contribution in [2.45, 2.75) is 26.9 Å². The Morgan fingerprint density at radius 1 is 1.27 bits per heavy atom. The largest absolute Gasteiger partial charge is 0.493 e. The maximum atomic E-state index is 13.1. The van der Waals surface area contributed by atoms with Crippen LogP contribution in [0.25, 0.3) is 6.08 Å². The molecular formula is C22H22ClFN2O3S. The number of aliphatic imine (C=N–C) groups is 1. The molecular weight excluding hydrogens is 427 g/mol. The van der Waals surface area contributed by atoms with Crippen molar-refractivity contribution in [3.05, 3.63) is 57.7 Å². The summed E-state index contributed by atoms with van der Waals surface area (Å²) in [6, 6.07) is 9.32. The zero-order chi connectivity index (χ0) is 21.8. The van der Waals surface area contributed by atoms with E-state index in [4.69, 9.17) is 21.1 Å². The minimum Gasteiger partial charge on any atom is -0.493 e. The predicted molar refractivity (Wildman–Crippen MR) is 120 cm³/mol. The molecule has 0 N–H and O–H groups in total. The van der Waals surface area contributed by atoms with Crippen LogP contribution in [0.5, 0.6) is 11.5 Å². The number of thioether (sulfide) groups is 1. The van der Waals surface area contributed by atoms with Gasteiger partial charge in [-0.15, -0.1) is 0 Å². The summed E-state index contributed by atoms with van der Waals surface area (Å²) in [7, 11) is 1.54. The maximum absolute atomic E-state index is 13.1. The lowest BCUT2D eigenvalue weighted by atomic mass is 10.1. The Bertz CT molecular complexity index is 1010. The standard InChI is InChI=1S/C22H22ClFN2O3S/c1-5-26-21(27)19(30-22(26)25-16-8-6-15(24)7-9-16)12-14-10-17(23)20(29-13(2)3)18(11-14)28-4/h6-13H,5H2,1-4H3/b19-12+,25-22?. The molecule has 2 aromatic rings. The number of amidine groups is 1. The molecule has 8 heteroatoms. The topological polar surface area (TPSA) is 51.1 Å². The number of benzene rings is 2. The van der Waals surface area contributed by atoms with Crippen LogP contribution in [0.2, 0.25) is 5.02 Å². The average molecular weight is 449 g/mol. The number of hydrogen-bond donors (Lipinski definition) is 0. The number of carbonyl (C=O) groups is 1. The van der Waals surface area contributed by atoms with Crippen LogP contribution >= 0.6 is 23.4 Å². The minimum absolute atomic E-state index is 0.0593. The lowest BCUT2D eigenvalue weighted by Gasteiger charge is -2.15. The van der Waals surface area contributed by atoms with Gasteiger partial charge in [-0.3, -0.25) is 9.69 Å². The van der Waals surface area contributed by atoms with Gasteiger partial charge in [0.1, 0.15) is 5.82 Å². The molecule has 0 aliphatic carbocycles. The molecule has 2 aromatic carbocycles. The van der Waals surface area contributed by atoms with E-state index >= 15 is 0 Å². The van der Waals surface area contributed by atoms with Crippen LogP contribution < -0.4 is 9.47 Å². The number of halogens is 2. The third-order valence-corrected chi connectivity index (χ3v) is 5.45. The van der Waals surface area contributed by atoms with Crippen LogP contribution in [0.15, 0.2) is 46.3 Å². The number of ether oxygens (including phenoxy) is 2. The van der Waals surface area contributed by atoms with Gasteiger partial charge >= 0.3 is 0 Å². The molecule has 1 fully saturated rings. The van der Waals surface area contributed by atoms with Gasteiger partial charge < -0.3 is 9.47 Å². The summed E-state index contributed by atoms with van der Waals surface area (Å²) in [6.07, 6.45) is 1.69. The van der Waals surface area contributed by atoms with E-state index in [0.29, 0.717) is 44.4 Å². The first kappa shape index (κ1) is 22.2. The molecule has 1 aliphatic rings. The van der Waals surface area contributed by atoms with Crippen molar-refractivity contribution >= 4 is 46.2 Å². The Kier molecular flexibility index (Phi) is 7.05. The molecule has 30 heavy (non-hydrogen) atoms. The van der Waals surface area contributed by atoms with Crippen molar-refractivity contribution in [1.82, 2.24) is 4.90 Å². The molecule has 0 radical (unpaired) electrons. The molecule has 158 valence electrons. The highest BCUT2D eigenvalue weighted by atomic mass is 35.5. The number of rotatable bonds is 6. The number of methoxy groups -OCH3 is 1. The molecule has 0 unspecified atom stereocenters. The van der Waals surface area contributed by atoms with Gasteiger partial charge in [0.05, 0.1) is 28.8 Å². The number of hydrogen-bond acceptors (Lipinski definition) is 5. The van der Waals surface area contributed by atoms with Crippen LogP contribution in [0, 0.1) is 5.82 Å². The van der Waals surface area contributed by atoms with Crippen molar-refractivity contribution in [3.63, 3.8) is 0 Å². The van der Waals surface area contributed by atoms with Gasteiger partial charge in [0.2, 0.25) is 0 Å². The van der Waals surface area contributed by atoms with Gasteiger partial charge in [0, 0.05) is 6.54 Å². The van der Waals surface area contributed by atoms with Gasteiger partial charge in [-0.1, -0.05) is 11.6 Å². The SMILES string of the molecule is CCN1C(=O)/C(=C\c2cc(Cl)c(OC(C)C)c(OC)c2)SC1=Nc1ccc(F)cc1. The molecule has 0 saturated carbocycles. The summed E-state index contributed by atoms with van der Waals surface area (Å²) >= 11 is 7.65. The quantitative estimate of drug-likeness (QED) is 0.516. The van der Waals surface area contributed by atoms with Gasteiger partial charge in [0.15, 0.2) is 16.7 Å². The second-order valence-corrected chi connectivity index (χ2v) is 8.15. The average Bonchev–Trinajstić information content (AvgIpc) is 2.99. The van der Waals surface area contributed by atoms with Gasteiger partial charge in [-0.05, 0) is 80.6 Å². The van der Waals surface area contributed by atoms with Crippen LogP contribution in [-0.4, -0.2) is 35.7 Å². The Morgan fingerprint density at radius 2 is 1.97 bits per heavy atom. The van der Waals surface area contributed by atoms with E-state index in [1.54, 1.807) is 35.2 Å². The fourth-order valence-corrected chi connectivity index (χ4v) is 4.15. The normalized spacial score (nSPS) is 16.8. The minimum atomic E-state index is -0.335. The highest BCUT2D eigenvalue weighted by molar-refractivity contribution is 8.18. The Balaban J connectivity index is 1.94. The summed E-state index contributed by atoms with van der Waals surface area (Å²) in [5.74, 6) is 0.472. The van der Waals surface area contributed by atoms with Gasteiger partial charge in [-0.2, -0.15) is 0 Å². The second-order valence-electron chi connectivity index (χ2n) is 6.73. The third-order valence-electron chi connectivity index (χ3n) is 4.16. The molecule has 0 spiro atoms. The zero-order valence-corrected chi connectivity index (χ0v) is 18.7.